The van der Waals surface area contributed by atoms with Gasteiger partial charge in [-0.25, -0.2) is 0 Å². The second-order valence-corrected chi connectivity index (χ2v) is 3.63. The van der Waals surface area contributed by atoms with Gasteiger partial charge in [-0.05, 0) is 36.2 Å². The van der Waals surface area contributed by atoms with Crippen molar-refractivity contribution in [2.45, 2.75) is 6.92 Å². The minimum absolute atomic E-state index is 0.156. The van der Waals surface area contributed by atoms with E-state index in [0.29, 0.717) is 11.1 Å². The Morgan fingerprint density at radius 2 is 2.18 bits per heavy atom. The van der Waals surface area contributed by atoms with Crippen LogP contribution in [0.3, 0.4) is 0 Å². The highest BCUT2D eigenvalue weighted by Crippen LogP contribution is 2.28. The van der Waals surface area contributed by atoms with Gasteiger partial charge in [0.05, 0.1) is 12.0 Å². The molecule has 0 fully saturated rings. The average molecular weight is 256 g/mol. The number of carbonyl (C=O) groups excluding carboxylic acids is 1. The lowest BCUT2D eigenvalue weighted by molar-refractivity contribution is -0.385. The molecule has 0 aliphatic carbocycles. The Morgan fingerprint density at radius 3 is 2.65 bits per heavy atom. The zero-order chi connectivity index (χ0) is 13.0. The molecule has 0 spiro atoms. The molecule has 0 aliphatic rings. The molecular formula is C11H10ClNO4. The third kappa shape index (κ3) is 3.29. The Kier molecular flexibility index (Phi) is 4.23. The first kappa shape index (κ1) is 13.2. The summed E-state index contributed by atoms with van der Waals surface area (Å²) >= 11 is 5.27. The molecule has 0 unspecified atom stereocenters. The van der Waals surface area contributed by atoms with E-state index in [0.717, 1.165) is 0 Å². The number of allylic oxidation sites excluding steroid dienone is 1. The summed E-state index contributed by atoms with van der Waals surface area (Å²) in [5, 5.41) is 10.2. The van der Waals surface area contributed by atoms with E-state index in [1.165, 1.54) is 32.2 Å². The van der Waals surface area contributed by atoms with Gasteiger partial charge in [-0.1, -0.05) is 6.07 Å². The molecule has 17 heavy (non-hydrogen) atoms. The third-order valence-corrected chi connectivity index (χ3v) is 2.39. The fraction of sp³-hybridized carbons (Fsp3) is 0.182. The summed E-state index contributed by atoms with van der Waals surface area (Å²) < 4.78 is 4.86. The van der Waals surface area contributed by atoms with Crippen LogP contribution >= 0.6 is 11.6 Å². The molecule has 0 atom stereocenters. The van der Waals surface area contributed by atoms with Gasteiger partial charge >= 0.3 is 5.69 Å². The lowest BCUT2D eigenvalue weighted by Gasteiger charge is -2.02. The molecule has 0 radical (unpaired) electrons. The molecule has 0 heterocycles. The summed E-state index contributed by atoms with van der Waals surface area (Å²) in [4.78, 5) is 21.0. The van der Waals surface area contributed by atoms with Crippen LogP contribution in [-0.4, -0.2) is 17.3 Å². The van der Waals surface area contributed by atoms with Crippen LogP contribution < -0.4 is 4.74 Å². The first-order chi connectivity index (χ1) is 7.95. The first-order valence-corrected chi connectivity index (χ1v) is 5.04. The minimum atomic E-state index is -0.594. The molecule has 1 aromatic carbocycles. The highest BCUT2D eigenvalue weighted by molar-refractivity contribution is 6.68. The molecule has 0 N–H and O–H groups in total. The van der Waals surface area contributed by atoms with E-state index >= 15 is 0 Å². The van der Waals surface area contributed by atoms with E-state index in [-0.39, 0.29) is 11.4 Å². The van der Waals surface area contributed by atoms with Crippen molar-refractivity contribution in [2.75, 3.05) is 7.11 Å². The number of ether oxygens (including phenoxy) is 1. The van der Waals surface area contributed by atoms with Crippen molar-refractivity contribution in [3.05, 3.63) is 39.4 Å². The standard InChI is InChI=1S/C11H10ClNO4/c1-7(11(12)14)5-8-3-4-10(17-2)9(6-8)13(15)16/h3-6H,1-2H3. The smallest absolute Gasteiger partial charge is 0.311 e. The minimum Gasteiger partial charge on any atom is -0.490 e. The van der Waals surface area contributed by atoms with Gasteiger partial charge < -0.3 is 4.74 Å². The topological polar surface area (TPSA) is 69.4 Å². The van der Waals surface area contributed by atoms with Gasteiger partial charge in [0.15, 0.2) is 5.75 Å². The molecule has 0 bridgehead atoms. The third-order valence-electron chi connectivity index (χ3n) is 2.09. The van der Waals surface area contributed by atoms with Crippen LogP contribution in [0.25, 0.3) is 6.08 Å². The number of hydrogen-bond acceptors (Lipinski definition) is 4. The van der Waals surface area contributed by atoms with Crippen molar-refractivity contribution < 1.29 is 14.5 Å². The molecule has 90 valence electrons. The summed E-state index contributed by atoms with van der Waals surface area (Å²) in [6, 6.07) is 4.40. The quantitative estimate of drug-likeness (QED) is 0.359. The fourth-order valence-corrected chi connectivity index (χ4v) is 1.30. The summed E-state index contributed by atoms with van der Waals surface area (Å²) in [6.45, 7) is 1.53. The number of nitro benzene ring substituents is 1. The fourth-order valence-electron chi connectivity index (χ4n) is 1.25. The van der Waals surface area contributed by atoms with Crippen LogP contribution in [0.15, 0.2) is 23.8 Å². The highest BCUT2D eigenvalue weighted by Gasteiger charge is 2.14. The predicted molar refractivity (Wildman–Crippen MR) is 64.2 cm³/mol. The van der Waals surface area contributed by atoms with Gasteiger partial charge in [0.2, 0.25) is 5.24 Å². The van der Waals surface area contributed by atoms with Crippen LogP contribution in [0.2, 0.25) is 0 Å². The first-order valence-electron chi connectivity index (χ1n) is 4.66. The van der Waals surface area contributed by atoms with Crippen molar-refractivity contribution in [3.8, 4) is 5.75 Å². The maximum atomic E-state index is 10.8. The lowest BCUT2D eigenvalue weighted by atomic mass is 10.1. The van der Waals surface area contributed by atoms with E-state index in [4.69, 9.17) is 16.3 Å². The number of hydrogen-bond donors (Lipinski definition) is 0. The number of halogens is 1. The number of methoxy groups -OCH3 is 1. The van der Waals surface area contributed by atoms with Gasteiger partial charge in [0.25, 0.3) is 0 Å². The molecule has 0 saturated heterocycles. The second-order valence-electron chi connectivity index (χ2n) is 3.29. The van der Waals surface area contributed by atoms with E-state index < -0.39 is 10.2 Å². The Hall–Kier alpha value is -1.88. The van der Waals surface area contributed by atoms with Gasteiger partial charge in [0, 0.05) is 11.6 Å². The van der Waals surface area contributed by atoms with Gasteiger partial charge in [0.1, 0.15) is 0 Å². The zero-order valence-electron chi connectivity index (χ0n) is 9.27. The largest absolute Gasteiger partial charge is 0.490 e. The SMILES string of the molecule is COc1ccc(C=C(C)C(=O)Cl)cc1[N+](=O)[O-]. The molecule has 5 nitrogen and oxygen atoms in total. The molecule has 0 aliphatic heterocycles. The average Bonchev–Trinajstić information content (AvgIpc) is 2.28. The maximum absolute atomic E-state index is 10.8. The van der Waals surface area contributed by atoms with E-state index in [1.54, 1.807) is 6.07 Å². The number of carbonyl (C=O) groups is 1. The van der Waals surface area contributed by atoms with Crippen molar-refractivity contribution in [2.24, 2.45) is 0 Å². The van der Waals surface area contributed by atoms with Gasteiger partial charge in [-0.2, -0.15) is 0 Å². The monoisotopic (exact) mass is 255 g/mol. The Labute approximate surface area is 103 Å². The Morgan fingerprint density at radius 1 is 1.53 bits per heavy atom. The predicted octanol–water partition coefficient (Wildman–Crippen LogP) is 2.77. The van der Waals surface area contributed by atoms with Crippen LogP contribution in [0.5, 0.6) is 5.75 Å². The summed E-state index contributed by atoms with van der Waals surface area (Å²) in [7, 11) is 1.35. The normalized spacial score (nSPS) is 11.1. The Balaban J connectivity index is 3.22. The summed E-state index contributed by atoms with van der Waals surface area (Å²) in [5.74, 6) is 0.169. The molecule has 6 heteroatoms. The van der Waals surface area contributed by atoms with Crippen LogP contribution in [0, 0.1) is 10.1 Å². The number of nitro groups is 1. The molecule has 0 saturated carbocycles. The van der Waals surface area contributed by atoms with Crippen LogP contribution in [-0.2, 0) is 4.79 Å². The highest BCUT2D eigenvalue weighted by atomic mass is 35.5. The van der Waals surface area contributed by atoms with E-state index in [9.17, 15) is 14.9 Å². The van der Waals surface area contributed by atoms with E-state index in [1.807, 2.05) is 0 Å². The molecular weight excluding hydrogens is 246 g/mol. The van der Waals surface area contributed by atoms with Crippen molar-refractivity contribution in [1.29, 1.82) is 0 Å². The van der Waals surface area contributed by atoms with Crippen LogP contribution in [0.4, 0.5) is 5.69 Å². The van der Waals surface area contributed by atoms with Crippen LogP contribution in [0.1, 0.15) is 12.5 Å². The van der Waals surface area contributed by atoms with Gasteiger partial charge in [-0.15, -0.1) is 0 Å². The molecule has 0 amide bonds. The number of rotatable bonds is 4. The Bertz CT molecular complexity index is 496. The van der Waals surface area contributed by atoms with Gasteiger partial charge in [-0.3, -0.25) is 14.9 Å². The van der Waals surface area contributed by atoms with Crippen molar-refractivity contribution in [3.63, 3.8) is 0 Å². The number of nitrogens with zero attached hydrogens (tertiary/aromatic N) is 1. The zero-order valence-corrected chi connectivity index (χ0v) is 10.0. The molecule has 0 aromatic heterocycles. The lowest BCUT2D eigenvalue weighted by Crippen LogP contribution is -1.94. The molecule has 1 rings (SSSR count). The van der Waals surface area contributed by atoms with Crippen molar-refractivity contribution in [1.82, 2.24) is 0 Å². The second kappa shape index (κ2) is 5.45. The van der Waals surface area contributed by atoms with E-state index in [2.05, 4.69) is 0 Å². The van der Waals surface area contributed by atoms with Crippen molar-refractivity contribution >= 4 is 28.6 Å². The maximum Gasteiger partial charge on any atom is 0.311 e. The molecule has 1 aromatic rings. The number of benzene rings is 1. The summed E-state index contributed by atoms with van der Waals surface area (Å²) in [5.41, 5.74) is 0.672. The summed E-state index contributed by atoms with van der Waals surface area (Å²) in [6.07, 6.45) is 1.47.